The van der Waals surface area contributed by atoms with Gasteiger partial charge in [0.2, 0.25) is 0 Å². The minimum absolute atomic E-state index is 0.235. The molecule has 1 aliphatic heterocycles. The van der Waals surface area contributed by atoms with E-state index < -0.39 is 0 Å². The molecule has 0 spiro atoms. The van der Waals surface area contributed by atoms with Gasteiger partial charge in [-0.3, -0.25) is 0 Å². The maximum absolute atomic E-state index is 10.4. The summed E-state index contributed by atoms with van der Waals surface area (Å²) in [4.78, 5) is 2.54. The SMILES string of the molecule is Cc1cc(N2CCC(O)C([Se]c3ccccc3)C2)nn2cnnc12. The molecule has 1 N–H and O–H groups in total. The standard InChI is InChI=1S/C17H19N5OSe/c1-12-9-16(20-22-11-18-19-17(12)22)21-8-7-14(23)15(10-21)24-13-5-3-2-4-6-13/h2-6,9,11,14-15,23H,7-8,10H2,1H3. The third kappa shape index (κ3) is 3.02. The van der Waals surface area contributed by atoms with Crippen molar-refractivity contribution in [3.63, 3.8) is 0 Å². The molecule has 0 saturated carbocycles. The molecule has 3 heterocycles. The second-order valence-electron chi connectivity index (χ2n) is 6.06. The summed E-state index contributed by atoms with van der Waals surface area (Å²) >= 11 is 0.245. The van der Waals surface area contributed by atoms with Gasteiger partial charge < -0.3 is 0 Å². The molecule has 3 aromatic rings. The molecule has 0 aliphatic carbocycles. The van der Waals surface area contributed by atoms with Crippen LogP contribution in [0.4, 0.5) is 5.82 Å². The number of aliphatic hydroxyl groups is 1. The van der Waals surface area contributed by atoms with Crippen molar-refractivity contribution in [3.8, 4) is 0 Å². The minimum atomic E-state index is -0.235. The van der Waals surface area contributed by atoms with Gasteiger partial charge in [-0.1, -0.05) is 0 Å². The summed E-state index contributed by atoms with van der Waals surface area (Å²) in [5.41, 5.74) is 1.86. The number of anilines is 1. The van der Waals surface area contributed by atoms with E-state index in [0.29, 0.717) is 0 Å². The Bertz CT molecular complexity index is 837. The number of hydrogen-bond acceptors (Lipinski definition) is 5. The van der Waals surface area contributed by atoms with Crippen LogP contribution in [0, 0.1) is 6.92 Å². The van der Waals surface area contributed by atoms with Gasteiger partial charge in [-0.25, -0.2) is 0 Å². The third-order valence-corrected chi connectivity index (χ3v) is 7.07. The first-order valence-corrected chi connectivity index (χ1v) is 9.87. The number of benzene rings is 1. The van der Waals surface area contributed by atoms with E-state index in [2.05, 4.69) is 50.5 Å². The molecule has 1 aromatic carbocycles. The molecule has 2 atom stereocenters. The van der Waals surface area contributed by atoms with Crippen molar-refractivity contribution in [2.45, 2.75) is 24.3 Å². The Morgan fingerprint density at radius 2 is 2.08 bits per heavy atom. The Balaban J connectivity index is 1.57. The van der Waals surface area contributed by atoms with Crippen LogP contribution < -0.4 is 9.36 Å². The van der Waals surface area contributed by atoms with Crippen LogP contribution in [0.3, 0.4) is 0 Å². The van der Waals surface area contributed by atoms with E-state index in [1.165, 1.54) is 4.46 Å². The van der Waals surface area contributed by atoms with Crippen molar-refractivity contribution in [2.24, 2.45) is 0 Å². The number of aromatic nitrogens is 4. The molecule has 0 bridgehead atoms. The fourth-order valence-electron chi connectivity index (χ4n) is 3.02. The molecule has 124 valence electrons. The molecular formula is C17H19N5OSe. The van der Waals surface area contributed by atoms with Crippen LogP contribution in [0.2, 0.25) is 4.82 Å². The van der Waals surface area contributed by atoms with E-state index in [1.807, 2.05) is 13.0 Å². The zero-order valence-electron chi connectivity index (χ0n) is 13.4. The molecule has 0 radical (unpaired) electrons. The average molecular weight is 388 g/mol. The first-order valence-electron chi connectivity index (χ1n) is 8.03. The van der Waals surface area contributed by atoms with Gasteiger partial charge in [0.1, 0.15) is 0 Å². The molecule has 24 heavy (non-hydrogen) atoms. The van der Waals surface area contributed by atoms with E-state index in [9.17, 15) is 5.11 Å². The summed E-state index contributed by atoms with van der Waals surface area (Å²) < 4.78 is 3.06. The van der Waals surface area contributed by atoms with E-state index >= 15 is 0 Å². The quantitative estimate of drug-likeness (QED) is 0.673. The molecule has 1 fully saturated rings. The van der Waals surface area contributed by atoms with Gasteiger partial charge in [-0.05, 0) is 0 Å². The second kappa shape index (κ2) is 6.51. The van der Waals surface area contributed by atoms with Crippen molar-refractivity contribution in [2.75, 3.05) is 18.0 Å². The predicted octanol–water partition coefficient (Wildman–Crippen LogP) is 0.822. The van der Waals surface area contributed by atoms with Crippen LogP contribution in [0.5, 0.6) is 0 Å². The zero-order chi connectivity index (χ0) is 16.5. The van der Waals surface area contributed by atoms with Crippen molar-refractivity contribution in [3.05, 3.63) is 48.3 Å². The molecule has 2 aromatic heterocycles. The van der Waals surface area contributed by atoms with Gasteiger partial charge in [-0.2, -0.15) is 0 Å². The van der Waals surface area contributed by atoms with Crippen molar-refractivity contribution < 1.29 is 5.11 Å². The van der Waals surface area contributed by atoms with E-state index in [-0.39, 0.29) is 25.9 Å². The number of hydrogen-bond donors (Lipinski definition) is 1. The Hall–Kier alpha value is -1.95. The number of piperidine rings is 1. The maximum atomic E-state index is 10.4. The molecule has 2 unspecified atom stereocenters. The number of rotatable bonds is 3. The number of fused-ring (bicyclic) bond motifs is 1. The third-order valence-electron chi connectivity index (χ3n) is 4.32. The molecule has 7 heteroatoms. The van der Waals surface area contributed by atoms with Crippen LogP contribution in [0.1, 0.15) is 12.0 Å². The number of nitrogens with zero attached hydrogens (tertiary/aromatic N) is 5. The van der Waals surface area contributed by atoms with E-state index in [0.717, 1.165) is 36.5 Å². The molecule has 1 saturated heterocycles. The zero-order valence-corrected chi connectivity index (χ0v) is 15.1. The van der Waals surface area contributed by atoms with Gasteiger partial charge in [0.05, 0.1) is 0 Å². The fourth-order valence-corrected chi connectivity index (χ4v) is 5.56. The van der Waals surface area contributed by atoms with Gasteiger partial charge in [0, 0.05) is 0 Å². The summed E-state index contributed by atoms with van der Waals surface area (Å²) in [6.07, 6.45) is 2.18. The second-order valence-corrected chi connectivity index (χ2v) is 8.81. The van der Waals surface area contributed by atoms with Crippen LogP contribution in [0.15, 0.2) is 42.7 Å². The number of aliphatic hydroxyl groups excluding tert-OH is 1. The first-order chi connectivity index (χ1) is 11.7. The summed E-state index contributed by atoms with van der Waals surface area (Å²) in [5, 5.41) is 23.1. The summed E-state index contributed by atoms with van der Waals surface area (Å²) in [5.74, 6) is 0.931. The molecule has 0 amide bonds. The Morgan fingerprint density at radius 1 is 1.25 bits per heavy atom. The van der Waals surface area contributed by atoms with Crippen molar-refractivity contribution >= 4 is 30.9 Å². The summed E-state index contributed by atoms with van der Waals surface area (Å²) in [6, 6.07) is 12.5. The van der Waals surface area contributed by atoms with Crippen molar-refractivity contribution in [1.29, 1.82) is 0 Å². The topological polar surface area (TPSA) is 66.5 Å². The van der Waals surface area contributed by atoms with Gasteiger partial charge in [0.15, 0.2) is 0 Å². The molecule has 1 aliphatic rings. The summed E-state index contributed by atoms with van der Waals surface area (Å²) in [7, 11) is 0. The van der Waals surface area contributed by atoms with Crippen LogP contribution in [0.25, 0.3) is 5.65 Å². The van der Waals surface area contributed by atoms with E-state index in [1.54, 1.807) is 10.8 Å². The Labute approximate surface area is 146 Å². The van der Waals surface area contributed by atoms with Gasteiger partial charge in [0.25, 0.3) is 0 Å². The first kappa shape index (κ1) is 15.6. The monoisotopic (exact) mass is 389 g/mol. The fraction of sp³-hybridized carbons (Fsp3) is 0.353. The van der Waals surface area contributed by atoms with Crippen LogP contribution in [-0.4, -0.2) is 59.1 Å². The predicted molar refractivity (Wildman–Crippen MR) is 93.9 cm³/mol. The van der Waals surface area contributed by atoms with Crippen LogP contribution >= 0.6 is 0 Å². The van der Waals surface area contributed by atoms with E-state index in [4.69, 9.17) is 0 Å². The molecule has 6 nitrogen and oxygen atoms in total. The van der Waals surface area contributed by atoms with Gasteiger partial charge in [-0.15, -0.1) is 0 Å². The Morgan fingerprint density at radius 3 is 2.92 bits per heavy atom. The number of aryl methyl sites for hydroxylation is 1. The summed E-state index contributed by atoms with van der Waals surface area (Å²) in [6.45, 7) is 3.68. The average Bonchev–Trinajstić information content (AvgIpc) is 3.07. The van der Waals surface area contributed by atoms with Crippen LogP contribution in [-0.2, 0) is 0 Å². The van der Waals surface area contributed by atoms with Crippen molar-refractivity contribution in [1.82, 2.24) is 19.8 Å². The normalized spacial score (nSPS) is 21.3. The van der Waals surface area contributed by atoms with Gasteiger partial charge >= 0.3 is 146 Å². The molecular weight excluding hydrogens is 369 g/mol. The Kier molecular flexibility index (Phi) is 4.22. The molecule has 4 rings (SSSR count).